The fraction of sp³-hybridized carbons (Fsp3) is 0.357. The molecule has 1 aromatic heterocycles. The highest BCUT2D eigenvalue weighted by atomic mass is 32.1. The molecule has 2 N–H and O–H groups in total. The van der Waals surface area contributed by atoms with E-state index in [9.17, 15) is 0 Å². The van der Waals surface area contributed by atoms with Crippen LogP contribution in [0.3, 0.4) is 0 Å². The summed E-state index contributed by atoms with van der Waals surface area (Å²) in [6, 6.07) is 6.77. The van der Waals surface area contributed by atoms with Gasteiger partial charge < -0.3 is 5.73 Å². The monoisotopic (exact) mass is 244 g/mol. The highest BCUT2D eigenvalue weighted by molar-refractivity contribution is 7.10. The van der Waals surface area contributed by atoms with Crippen LogP contribution in [0.5, 0.6) is 0 Å². The molecule has 1 aliphatic carbocycles. The van der Waals surface area contributed by atoms with Crippen molar-refractivity contribution >= 4 is 11.3 Å². The number of nitrogens with zero attached hydrogens (tertiary/aromatic N) is 1. The van der Waals surface area contributed by atoms with Crippen LogP contribution in [0, 0.1) is 0 Å². The van der Waals surface area contributed by atoms with Crippen molar-refractivity contribution in [3.63, 3.8) is 0 Å². The largest absolute Gasteiger partial charge is 0.326 e. The minimum Gasteiger partial charge on any atom is -0.326 e. The summed E-state index contributed by atoms with van der Waals surface area (Å²) in [5.74, 6) is 0. The van der Waals surface area contributed by atoms with Crippen molar-refractivity contribution in [2.75, 3.05) is 0 Å². The molecule has 1 aliphatic rings. The van der Waals surface area contributed by atoms with E-state index in [1.807, 2.05) is 5.51 Å². The van der Waals surface area contributed by atoms with Crippen molar-refractivity contribution in [3.05, 3.63) is 39.7 Å². The molecule has 0 spiro atoms. The van der Waals surface area contributed by atoms with Gasteiger partial charge in [0.1, 0.15) is 0 Å². The van der Waals surface area contributed by atoms with Gasteiger partial charge in [0.2, 0.25) is 0 Å². The average Bonchev–Trinajstić information content (AvgIpc) is 2.86. The van der Waals surface area contributed by atoms with Gasteiger partial charge in [0.15, 0.2) is 0 Å². The fourth-order valence-electron chi connectivity index (χ4n) is 2.53. The summed E-state index contributed by atoms with van der Waals surface area (Å²) < 4.78 is 0. The van der Waals surface area contributed by atoms with Crippen LogP contribution in [0.2, 0.25) is 0 Å². The van der Waals surface area contributed by atoms with Crippen molar-refractivity contribution in [1.29, 1.82) is 0 Å². The predicted molar refractivity (Wildman–Crippen MR) is 72.1 cm³/mol. The van der Waals surface area contributed by atoms with Gasteiger partial charge in [0, 0.05) is 17.0 Å². The zero-order valence-corrected chi connectivity index (χ0v) is 10.6. The number of aryl methyl sites for hydroxylation is 2. The van der Waals surface area contributed by atoms with Gasteiger partial charge in [-0.05, 0) is 42.9 Å². The van der Waals surface area contributed by atoms with Gasteiger partial charge in [-0.2, -0.15) is 0 Å². The van der Waals surface area contributed by atoms with E-state index in [4.69, 9.17) is 5.73 Å². The maximum atomic E-state index is 5.74. The topological polar surface area (TPSA) is 38.9 Å². The third-order valence-corrected chi connectivity index (χ3v) is 4.30. The maximum absolute atomic E-state index is 5.74. The molecule has 0 saturated heterocycles. The van der Waals surface area contributed by atoms with E-state index in [2.05, 4.69) is 23.2 Å². The van der Waals surface area contributed by atoms with E-state index in [1.54, 1.807) is 11.3 Å². The zero-order chi connectivity index (χ0) is 11.7. The summed E-state index contributed by atoms with van der Waals surface area (Å²) in [5, 5.41) is 0. The Morgan fingerprint density at radius 2 is 2.00 bits per heavy atom. The summed E-state index contributed by atoms with van der Waals surface area (Å²) in [5.41, 5.74) is 13.0. The Morgan fingerprint density at radius 1 is 1.18 bits per heavy atom. The number of fused-ring (bicyclic) bond motifs is 1. The highest BCUT2D eigenvalue weighted by Crippen LogP contribution is 2.29. The van der Waals surface area contributed by atoms with E-state index >= 15 is 0 Å². The first-order chi connectivity index (χ1) is 8.38. The number of hydrogen-bond donors (Lipinski definition) is 1. The molecule has 0 radical (unpaired) electrons. The molecular formula is C14H16N2S. The molecule has 0 unspecified atom stereocenters. The van der Waals surface area contributed by atoms with Crippen LogP contribution in [0.1, 0.15) is 28.8 Å². The van der Waals surface area contributed by atoms with Gasteiger partial charge in [0.05, 0.1) is 11.2 Å². The van der Waals surface area contributed by atoms with Crippen LogP contribution in [0.25, 0.3) is 11.3 Å². The smallest absolute Gasteiger partial charge is 0.0856 e. The molecule has 1 aromatic carbocycles. The quantitative estimate of drug-likeness (QED) is 0.881. The first kappa shape index (κ1) is 10.9. The number of thiazole rings is 1. The molecule has 0 fully saturated rings. The lowest BCUT2D eigenvalue weighted by Crippen LogP contribution is -2.03. The van der Waals surface area contributed by atoms with Gasteiger partial charge >= 0.3 is 0 Å². The van der Waals surface area contributed by atoms with Gasteiger partial charge in [0.25, 0.3) is 0 Å². The van der Waals surface area contributed by atoms with Gasteiger partial charge in [-0.15, -0.1) is 11.3 Å². The SMILES string of the molecule is NCc1scnc1-c1ccc2c(c1)CCCC2. The Labute approximate surface area is 106 Å². The fourth-order valence-corrected chi connectivity index (χ4v) is 3.20. The minimum atomic E-state index is 0.580. The Morgan fingerprint density at radius 3 is 2.82 bits per heavy atom. The second-order valence-corrected chi connectivity index (χ2v) is 5.46. The lowest BCUT2D eigenvalue weighted by Gasteiger charge is -2.16. The normalized spacial score (nSPS) is 14.6. The molecule has 3 heteroatoms. The Bertz CT molecular complexity index is 531. The Hall–Kier alpha value is -1.19. The van der Waals surface area contributed by atoms with Crippen molar-refractivity contribution in [3.8, 4) is 11.3 Å². The lowest BCUT2D eigenvalue weighted by atomic mass is 9.90. The molecule has 3 rings (SSSR count). The predicted octanol–water partition coefficient (Wildman–Crippen LogP) is 3.15. The standard InChI is InChI=1S/C14H16N2S/c15-8-13-14(16-9-17-13)12-6-5-10-3-1-2-4-11(10)7-12/h5-7,9H,1-4,8,15H2. The molecule has 0 bridgehead atoms. The Balaban J connectivity index is 2.04. The number of nitrogens with two attached hydrogens (primary N) is 1. The van der Waals surface area contributed by atoms with Gasteiger partial charge in [-0.1, -0.05) is 12.1 Å². The molecule has 88 valence electrons. The lowest BCUT2D eigenvalue weighted by molar-refractivity contribution is 0.686. The van der Waals surface area contributed by atoms with E-state index in [1.165, 1.54) is 47.3 Å². The second-order valence-electron chi connectivity index (χ2n) is 4.52. The molecule has 2 nitrogen and oxygen atoms in total. The van der Waals surface area contributed by atoms with Crippen molar-refractivity contribution in [1.82, 2.24) is 4.98 Å². The van der Waals surface area contributed by atoms with Crippen LogP contribution in [0.4, 0.5) is 0 Å². The molecule has 2 aromatic rings. The molecule has 0 aliphatic heterocycles. The second kappa shape index (κ2) is 4.59. The van der Waals surface area contributed by atoms with Crippen LogP contribution in [-0.4, -0.2) is 4.98 Å². The maximum Gasteiger partial charge on any atom is 0.0856 e. The van der Waals surface area contributed by atoms with E-state index in [0.717, 1.165) is 5.69 Å². The third kappa shape index (κ3) is 2.01. The molecule has 0 atom stereocenters. The Kier molecular flexibility index (Phi) is 2.95. The van der Waals surface area contributed by atoms with Crippen molar-refractivity contribution < 1.29 is 0 Å². The summed E-state index contributed by atoms with van der Waals surface area (Å²) in [6.45, 7) is 0.580. The molecule has 17 heavy (non-hydrogen) atoms. The molecule has 0 saturated carbocycles. The summed E-state index contributed by atoms with van der Waals surface area (Å²) in [4.78, 5) is 5.63. The molecule has 1 heterocycles. The zero-order valence-electron chi connectivity index (χ0n) is 9.78. The van der Waals surface area contributed by atoms with E-state index in [0.29, 0.717) is 6.54 Å². The van der Waals surface area contributed by atoms with Gasteiger partial charge in [-0.3, -0.25) is 0 Å². The van der Waals surface area contributed by atoms with Gasteiger partial charge in [-0.25, -0.2) is 4.98 Å². The van der Waals surface area contributed by atoms with E-state index < -0.39 is 0 Å². The first-order valence-corrected chi connectivity index (χ1v) is 7.01. The van der Waals surface area contributed by atoms with Crippen molar-refractivity contribution in [2.45, 2.75) is 32.2 Å². The van der Waals surface area contributed by atoms with Crippen molar-refractivity contribution in [2.24, 2.45) is 5.73 Å². The molecular weight excluding hydrogens is 228 g/mol. The molecule has 0 amide bonds. The first-order valence-electron chi connectivity index (χ1n) is 6.13. The van der Waals surface area contributed by atoms with Crippen LogP contribution in [-0.2, 0) is 19.4 Å². The number of benzene rings is 1. The highest BCUT2D eigenvalue weighted by Gasteiger charge is 2.12. The third-order valence-electron chi connectivity index (χ3n) is 3.45. The van der Waals surface area contributed by atoms with Crippen LogP contribution < -0.4 is 5.73 Å². The average molecular weight is 244 g/mol. The number of hydrogen-bond acceptors (Lipinski definition) is 3. The summed E-state index contributed by atoms with van der Waals surface area (Å²) >= 11 is 1.65. The number of rotatable bonds is 2. The van der Waals surface area contributed by atoms with E-state index in [-0.39, 0.29) is 0 Å². The van der Waals surface area contributed by atoms with Crippen LogP contribution >= 0.6 is 11.3 Å². The minimum absolute atomic E-state index is 0.580. The summed E-state index contributed by atoms with van der Waals surface area (Å²) in [7, 11) is 0. The number of aromatic nitrogens is 1. The van der Waals surface area contributed by atoms with Crippen LogP contribution in [0.15, 0.2) is 23.7 Å². The summed E-state index contributed by atoms with van der Waals surface area (Å²) in [6.07, 6.45) is 5.09.